The van der Waals surface area contributed by atoms with E-state index >= 15 is 0 Å². The van der Waals surface area contributed by atoms with E-state index in [9.17, 15) is 0 Å². The minimum Gasteiger partial charge on any atom is -0.350 e. The Morgan fingerprint density at radius 3 is 2.08 bits per heavy atom. The summed E-state index contributed by atoms with van der Waals surface area (Å²) in [4.78, 5) is 9.01. The van der Waals surface area contributed by atoms with E-state index in [1.54, 1.807) is 0 Å². The summed E-state index contributed by atoms with van der Waals surface area (Å²) in [5.74, 6) is 0. The second-order valence-electron chi connectivity index (χ2n) is 13.5. The molecular weight excluding hydrogens is 775 g/mol. The van der Waals surface area contributed by atoms with Crippen molar-refractivity contribution in [2.75, 3.05) is 0 Å². The number of hydrogen-bond acceptors (Lipinski definition) is 2. The third-order valence-electron chi connectivity index (χ3n) is 9.15. The molecule has 1 radical (unpaired) electrons. The van der Waals surface area contributed by atoms with Crippen molar-refractivity contribution in [2.24, 2.45) is 0 Å². The number of pyridine rings is 2. The Bertz CT molecular complexity index is 2530. The van der Waals surface area contributed by atoms with E-state index < -0.39 is 0 Å². The normalized spacial score (nSPS) is 11.5. The van der Waals surface area contributed by atoms with Gasteiger partial charge in [-0.05, 0) is 75.1 Å². The van der Waals surface area contributed by atoms with Gasteiger partial charge >= 0.3 is 0 Å². The zero-order valence-electron chi connectivity index (χ0n) is 28.0. The fraction of sp³-hybridized carbons (Fsp3) is 0.111. The Hall–Kier alpha value is -5.15. The summed E-state index contributed by atoms with van der Waals surface area (Å²) in [5.41, 5.74) is 12.7. The molecule has 241 valence electrons. The maximum atomic E-state index is 4.69. The van der Waals surface area contributed by atoms with E-state index in [1.807, 2.05) is 55.7 Å². The monoisotopic (exact) mass is 810 g/mol. The van der Waals surface area contributed by atoms with Crippen molar-refractivity contribution >= 4 is 38.1 Å². The van der Waals surface area contributed by atoms with E-state index in [-0.39, 0.29) is 25.5 Å². The molecule has 0 spiro atoms. The van der Waals surface area contributed by atoms with Crippen molar-refractivity contribution < 1.29 is 20.1 Å². The molecule has 0 saturated carbocycles. The number of aromatic nitrogens is 3. The quantitative estimate of drug-likeness (QED) is 0.166. The Morgan fingerprint density at radius 1 is 0.592 bits per heavy atom. The smallest absolute Gasteiger partial charge is 0.0516 e. The molecule has 0 saturated heterocycles. The first-order valence-corrected chi connectivity index (χ1v) is 16.4. The summed E-state index contributed by atoms with van der Waals surface area (Å²) in [6.07, 6.45) is 3.76. The molecule has 4 heterocycles. The predicted molar refractivity (Wildman–Crippen MR) is 201 cm³/mol. The maximum absolute atomic E-state index is 4.69. The van der Waals surface area contributed by atoms with Gasteiger partial charge in [0.2, 0.25) is 0 Å². The zero-order chi connectivity index (χ0) is 32.8. The van der Waals surface area contributed by atoms with Crippen LogP contribution in [0, 0.1) is 19.1 Å². The summed E-state index contributed by atoms with van der Waals surface area (Å²) in [6.45, 7) is 8.86. The van der Waals surface area contributed by atoms with E-state index in [0.717, 1.165) is 22.5 Å². The molecule has 0 bridgehead atoms. The van der Waals surface area contributed by atoms with Gasteiger partial charge in [0.1, 0.15) is 0 Å². The van der Waals surface area contributed by atoms with Crippen LogP contribution in [-0.2, 0) is 25.5 Å². The van der Waals surface area contributed by atoms with Crippen LogP contribution in [0.25, 0.3) is 71.7 Å². The van der Waals surface area contributed by atoms with Crippen LogP contribution in [0.2, 0.25) is 0 Å². The van der Waals surface area contributed by atoms with E-state index in [2.05, 4.69) is 133 Å². The second kappa shape index (κ2) is 13.0. The van der Waals surface area contributed by atoms with Crippen LogP contribution in [0.5, 0.6) is 0 Å². The largest absolute Gasteiger partial charge is 0.350 e. The topological polar surface area (TPSA) is 30.2 Å². The Balaban J connectivity index is 0.000000228. The molecule has 3 nitrogen and oxygen atoms in total. The van der Waals surface area contributed by atoms with Gasteiger partial charge in [-0.25, -0.2) is 0 Å². The van der Waals surface area contributed by atoms with Crippen LogP contribution in [-0.4, -0.2) is 14.4 Å². The van der Waals surface area contributed by atoms with E-state index in [4.69, 9.17) is 4.98 Å². The average Bonchev–Trinajstić information content (AvgIpc) is 3.64. The maximum Gasteiger partial charge on any atom is 0.0516 e. The first kappa shape index (κ1) is 32.4. The fourth-order valence-corrected chi connectivity index (χ4v) is 6.60. The molecule has 0 aliphatic heterocycles. The number of benzene rings is 5. The van der Waals surface area contributed by atoms with Crippen molar-refractivity contribution in [2.45, 2.75) is 33.1 Å². The molecule has 0 unspecified atom stereocenters. The standard InChI is InChI=1S/C33H25N2.C12H10N.Ir/c1-33(2,3)24-13-15-31-28(20-24)26-11-7-10-25-27-18-23(12-14-30(27)35(31)32(25)26)29-19-22(16-17-34-29)21-8-5-4-6-9-21;1-10-7-8-12(13-9-10)11-5-3-2-4-6-11;/h4-11,13-20H,1-3H3;2-5,7-9H,1H3;/q2*-1;. The number of aryl methyl sites for hydroxylation is 1. The molecular formula is C45H35IrN3-2. The SMILES string of the molecule is CC(C)(C)c1ccc2c(c1)c1cccc3c4cc(-c5cc(-c6ccccc6)ccn5)[c-]cc4n2c31.Cc1ccc(-c2[c-]cccc2)nc1.[Ir]. The molecule has 49 heavy (non-hydrogen) atoms. The Labute approximate surface area is 301 Å². The predicted octanol–water partition coefficient (Wildman–Crippen LogP) is 11.5. The summed E-state index contributed by atoms with van der Waals surface area (Å²) in [5, 5.41) is 5.15. The van der Waals surface area contributed by atoms with E-state index in [1.165, 1.54) is 60.3 Å². The number of fused-ring (bicyclic) bond motifs is 6. The van der Waals surface area contributed by atoms with Gasteiger partial charge in [0.15, 0.2) is 0 Å². The molecule has 0 aliphatic rings. The fourth-order valence-electron chi connectivity index (χ4n) is 6.60. The molecule has 0 aliphatic carbocycles. The minimum absolute atomic E-state index is 0. The van der Waals surface area contributed by atoms with Crippen LogP contribution >= 0.6 is 0 Å². The third-order valence-corrected chi connectivity index (χ3v) is 9.15. The number of hydrogen-bond donors (Lipinski definition) is 0. The average molecular weight is 810 g/mol. The van der Waals surface area contributed by atoms with Gasteiger partial charge < -0.3 is 14.4 Å². The van der Waals surface area contributed by atoms with Crippen LogP contribution in [0.4, 0.5) is 0 Å². The summed E-state index contributed by atoms with van der Waals surface area (Å²) in [7, 11) is 0. The van der Waals surface area contributed by atoms with Gasteiger partial charge in [-0.2, -0.15) is 0 Å². The Kier molecular flexibility index (Phi) is 8.62. The van der Waals surface area contributed by atoms with Crippen molar-refractivity contribution in [3.8, 4) is 33.6 Å². The molecule has 0 amide bonds. The van der Waals surface area contributed by atoms with Gasteiger partial charge in [-0.15, -0.1) is 59.7 Å². The summed E-state index contributed by atoms with van der Waals surface area (Å²) in [6, 6.07) is 51.3. The summed E-state index contributed by atoms with van der Waals surface area (Å²) < 4.78 is 2.41. The molecule has 4 heteroatoms. The molecule has 5 aromatic carbocycles. The first-order valence-electron chi connectivity index (χ1n) is 16.4. The first-order chi connectivity index (χ1) is 23.3. The molecule has 0 fully saturated rings. The molecule has 4 aromatic heterocycles. The zero-order valence-corrected chi connectivity index (χ0v) is 30.3. The number of nitrogens with zero attached hydrogens (tertiary/aromatic N) is 3. The third kappa shape index (κ3) is 6.03. The van der Waals surface area contributed by atoms with Crippen molar-refractivity contribution in [1.29, 1.82) is 0 Å². The van der Waals surface area contributed by atoms with E-state index in [0.29, 0.717) is 0 Å². The minimum atomic E-state index is 0. The van der Waals surface area contributed by atoms with Crippen molar-refractivity contribution in [3.63, 3.8) is 0 Å². The molecule has 9 rings (SSSR count). The van der Waals surface area contributed by atoms with Crippen molar-refractivity contribution in [3.05, 3.63) is 163 Å². The van der Waals surface area contributed by atoms with Crippen molar-refractivity contribution in [1.82, 2.24) is 14.4 Å². The van der Waals surface area contributed by atoms with Crippen LogP contribution in [0.3, 0.4) is 0 Å². The molecule has 0 N–H and O–H groups in total. The number of para-hydroxylation sites is 1. The van der Waals surface area contributed by atoms with Gasteiger partial charge in [-0.3, -0.25) is 0 Å². The van der Waals surface area contributed by atoms with Crippen LogP contribution in [0.1, 0.15) is 31.9 Å². The molecule has 0 atom stereocenters. The van der Waals surface area contributed by atoms with Gasteiger partial charge in [-0.1, -0.05) is 99.0 Å². The van der Waals surface area contributed by atoms with Gasteiger partial charge in [0.05, 0.1) is 5.52 Å². The van der Waals surface area contributed by atoms with Crippen LogP contribution in [0.15, 0.2) is 140 Å². The molecule has 9 aromatic rings. The summed E-state index contributed by atoms with van der Waals surface area (Å²) >= 11 is 0. The second-order valence-corrected chi connectivity index (χ2v) is 13.5. The van der Waals surface area contributed by atoms with Crippen LogP contribution < -0.4 is 0 Å². The van der Waals surface area contributed by atoms with Gasteiger partial charge in [0, 0.05) is 48.8 Å². The Morgan fingerprint density at radius 2 is 1.37 bits per heavy atom. The number of rotatable bonds is 3. The van der Waals surface area contributed by atoms with Gasteiger partial charge in [0.25, 0.3) is 0 Å².